The van der Waals surface area contributed by atoms with Gasteiger partial charge < -0.3 is 15.8 Å². The summed E-state index contributed by atoms with van der Waals surface area (Å²) in [4.78, 5) is 17.8. The molecule has 0 fully saturated rings. The number of nitrogens with one attached hydrogen (secondary N) is 1. The van der Waals surface area contributed by atoms with E-state index in [-0.39, 0.29) is 17.6 Å². The van der Waals surface area contributed by atoms with E-state index < -0.39 is 11.4 Å². The van der Waals surface area contributed by atoms with Gasteiger partial charge in [-0.1, -0.05) is 6.07 Å². The molecule has 0 radical (unpaired) electrons. The number of aliphatic hydroxyl groups excluding tert-OH is 1. The maximum absolute atomic E-state index is 13.6. The van der Waals surface area contributed by atoms with Gasteiger partial charge in [0, 0.05) is 6.07 Å². The van der Waals surface area contributed by atoms with E-state index in [2.05, 4.69) is 9.97 Å². The van der Waals surface area contributed by atoms with Crippen molar-refractivity contribution in [2.24, 2.45) is 0 Å². The second-order valence-electron chi connectivity index (χ2n) is 3.50. The summed E-state index contributed by atoms with van der Waals surface area (Å²) in [5.74, 6) is -0.412. The molecule has 0 atom stereocenters. The lowest BCUT2D eigenvalue weighted by molar-refractivity contribution is 0.281. The standard InChI is InChI=1S/C11H10FN3O2S/c12-7-3-6(5-16)1-2-8(7)18-11-14-9(13)4-10(17)15-11/h1-4,16H,5H2,(H3,13,14,15,17). The van der Waals surface area contributed by atoms with Crippen molar-refractivity contribution in [3.8, 4) is 0 Å². The highest BCUT2D eigenvalue weighted by atomic mass is 32.2. The third-order valence-corrected chi connectivity index (χ3v) is 3.06. The zero-order valence-corrected chi connectivity index (χ0v) is 10.00. The number of anilines is 1. The zero-order chi connectivity index (χ0) is 13.1. The molecule has 5 nitrogen and oxygen atoms in total. The predicted octanol–water partition coefficient (Wildman–Crippen LogP) is 1.13. The fourth-order valence-electron chi connectivity index (χ4n) is 1.33. The predicted molar refractivity (Wildman–Crippen MR) is 65.7 cm³/mol. The second kappa shape index (κ2) is 5.19. The molecule has 1 aromatic heterocycles. The maximum atomic E-state index is 13.6. The molecule has 4 N–H and O–H groups in total. The topological polar surface area (TPSA) is 92.0 Å². The molecule has 1 heterocycles. The molecule has 7 heteroatoms. The Morgan fingerprint density at radius 1 is 1.44 bits per heavy atom. The molecule has 0 saturated heterocycles. The smallest absolute Gasteiger partial charge is 0.253 e. The summed E-state index contributed by atoms with van der Waals surface area (Å²) in [7, 11) is 0. The van der Waals surface area contributed by atoms with E-state index in [1.54, 1.807) is 6.07 Å². The van der Waals surface area contributed by atoms with E-state index >= 15 is 0 Å². The van der Waals surface area contributed by atoms with Crippen molar-refractivity contribution in [3.05, 3.63) is 46.0 Å². The van der Waals surface area contributed by atoms with Crippen molar-refractivity contribution in [2.75, 3.05) is 5.73 Å². The molecule has 0 unspecified atom stereocenters. The monoisotopic (exact) mass is 267 g/mol. The van der Waals surface area contributed by atoms with Crippen molar-refractivity contribution >= 4 is 17.6 Å². The molecule has 0 bridgehead atoms. The minimum absolute atomic E-state index is 0.0774. The van der Waals surface area contributed by atoms with Gasteiger partial charge in [0.05, 0.1) is 11.5 Å². The number of nitrogens with zero attached hydrogens (tertiary/aromatic N) is 1. The minimum Gasteiger partial charge on any atom is -0.392 e. The summed E-state index contributed by atoms with van der Waals surface area (Å²) in [5.41, 5.74) is 5.51. The van der Waals surface area contributed by atoms with Crippen molar-refractivity contribution in [1.29, 1.82) is 0 Å². The lowest BCUT2D eigenvalue weighted by atomic mass is 10.2. The van der Waals surface area contributed by atoms with Crippen LogP contribution in [0.2, 0.25) is 0 Å². The number of hydrogen-bond acceptors (Lipinski definition) is 5. The third-order valence-electron chi connectivity index (χ3n) is 2.13. The van der Waals surface area contributed by atoms with Crippen molar-refractivity contribution in [2.45, 2.75) is 16.7 Å². The van der Waals surface area contributed by atoms with Gasteiger partial charge in [0.25, 0.3) is 5.56 Å². The SMILES string of the molecule is Nc1cc(=O)[nH]c(Sc2ccc(CO)cc2F)n1. The van der Waals surface area contributed by atoms with Gasteiger partial charge in [-0.2, -0.15) is 0 Å². The van der Waals surface area contributed by atoms with E-state index in [1.807, 2.05) is 0 Å². The number of nitrogens with two attached hydrogens (primary N) is 1. The lowest BCUT2D eigenvalue weighted by Gasteiger charge is -2.04. The van der Waals surface area contributed by atoms with Crippen LogP contribution in [0.1, 0.15) is 5.56 Å². The number of aromatic amines is 1. The van der Waals surface area contributed by atoms with Gasteiger partial charge in [0.15, 0.2) is 5.16 Å². The van der Waals surface area contributed by atoms with Crippen LogP contribution >= 0.6 is 11.8 Å². The zero-order valence-electron chi connectivity index (χ0n) is 9.18. The van der Waals surface area contributed by atoms with Crippen LogP contribution in [0.4, 0.5) is 10.2 Å². The highest BCUT2D eigenvalue weighted by Crippen LogP contribution is 2.27. The molecule has 2 aromatic rings. The van der Waals surface area contributed by atoms with Crippen LogP contribution in [0.15, 0.2) is 39.1 Å². The Labute approximate surface area is 106 Å². The molecule has 0 aliphatic carbocycles. The fourth-order valence-corrected chi connectivity index (χ4v) is 2.13. The minimum atomic E-state index is -0.489. The number of halogens is 1. The Bertz CT molecular complexity index is 630. The molecular weight excluding hydrogens is 257 g/mol. The lowest BCUT2D eigenvalue weighted by Crippen LogP contribution is -2.09. The molecule has 0 spiro atoms. The highest BCUT2D eigenvalue weighted by Gasteiger charge is 2.07. The number of nitrogen functional groups attached to an aromatic ring is 1. The number of rotatable bonds is 3. The highest BCUT2D eigenvalue weighted by molar-refractivity contribution is 7.99. The summed E-state index contributed by atoms with van der Waals surface area (Å²) < 4.78 is 13.6. The molecule has 0 amide bonds. The van der Waals surface area contributed by atoms with Gasteiger partial charge in [-0.05, 0) is 29.5 Å². The summed E-state index contributed by atoms with van der Waals surface area (Å²) in [6.07, 6.45) is 0. The van der Waals surface area contributed by atoms with Crippen LogP contribution < -0.4 is 11.3 Å². The Hall–Kier alpha value is -1.86. The Morgan fingerprint density at radius 3 is 2.83 bits per heavy atom. The molecule has 0 saturated carbocycles. The molecular formula is C11H10FN3O2S. The number of aromatic nitrogens is 2. The maximum Gasteiger partial charge on any atom is 0.253 e. The molecule has 18 heavy (non-hydrogen) atoms. The third kappa shape index (κ3) is 2.88. The van der Waals surface area contributed by atoms with Crippen LogP contribution in [-0.2, 0) is 6.61 Å². The van der Waals surface area contributed by atoms with Crippen LogP contribution in [0, 0.1) is 5.82 Å². The molecule has 1 aromatic carbocycles. The van der Waals surface area contributed by atoms with Crippen LogP contribution in [0.3, 0.4) is 0 Å². The van der Waals surface area contributed by atoms with E-state index in [4.69, 9.17) is 10.8 Å². The first-order chi connectivity index (χ1) is 8.58. The Balaban J connectivity index is 2.31. The summed E-state index contributed by atoms with van der Waals surface area (Å²) in [5, 5.41) is 9.08. The summed E-state index contributed by atoms with van der Waals surface area (Å²) in [6.45, 7) is -0.227. The molecule has 94 valence electrons. The van der Waals surface area contributed by atoms with Crippen LogP contribution in [-0.4, -0.2) is 15.1 Å². The van der Waals surface area contributed by atoms with Crippen molar-refractivity contribution in [3.63, 3.8) is 0 Å². The fraction of sp³-hybridized carbons (Fsp3) is 0.0909. The van der Waals surface area contributed by atoms with Crippen molar-refractivity contribution in [1.82, 2.24) is 9.97 Å². The summed E-state index contributed by atoms with van der Waals surface area (Å²) in [6, 6.07) is 5.48. The first kappa shape index (κ1) is 12.6. The quantitative estimate of drug-likeness (QED) is 0.725. The van der Waals surface area contributed by atoms with Gasteiger partial charge in [0.1, 0.15) is 11.6 Å². The summed E-state index contributed by atoms with van der Waals surface area (Å²) >= 11 is 0.958. The number of H-pyrrole nitrogens is 1. The first-order valence-electron chi connectivity index (χ1n) is 5.02. The van der Waals surface area contributed by atoms with E-state index in [9.17, 15) is 9.18 Å². The van der Waals surface area contributed by atoms with Gasteiger partial charge >= 0.3 is 0 Å². The molecule has 0 aliphatic rings. The normalized spacial score (nSPS) is 10.6. The van der Waals surface area contributed by atoms with Crippen LogP contribution in [0.5, 0.6) is 0 Å². The first-order valence-corrected chi connectivity index (χ1v) is 5.84. The van der Waals surface area contributed by atoms with Gasteiger partial charge in [0.2, 0.25) is 0 Å². The average Bonchev–Trinajstić information content (AvgIpc) is 2.30. The second-order valence-corrected chi connectivity index (χ2v) is 4.53. The average molecular weight is 267 g/mol. The van der Waals surface area contributed by atoms with Gasteiger partial charge in [-0.3, -0.25) is 4.79 Å². The van der Waals surface area contributed by atoms with E-state index in [0.717, 1.165) is 17.8 Å². The number of hydrogen-bond donors (Lipinski definition) is 3. The van der Waals surface area contributed by atoms with Gasteiger partial charge in [-0.25, -0.2) is 9.37 Å². The van der Waals surface area contributed by atoms with Crippen molar-refractivity contribution < 1.29 is 9.50 Å². The molecule has 2 rings (SSSR count). The van der Waals surface area contributed by atoms with E-state index in [1.165, 1.54) is 12.1 Å². The van der Waals surface area contributed by atoms with Gasteiger partial charge in [-0.15, -0.1) is 0 Å². The van der Waals surface area contributed by atoms with E-state index in [0.29, 0.717) is 10.5 Å². The number of benzene rings is 1. The van der Waals surface area contributed by atoms with Crippen LogP contribution in [0.25, 0.3) is 0 Å². The number of aliphatic hydroxyl groups is 1. The Kier molecular flexibility index (Phi) is 3.63. The largest absolute Gasteiger partial charge is 0.392 e. The molecule has 0 aliphatic heterocycles. The Morgan fingerprint density at radius 2 is 2.22 bits per heavy atom.